The molecule has 0 aliphatic heterocycles. The maximum absolute atomic E-state index is 4.75. The van der Waals surface area contributed by atoms with E-state index < -0.39 is 0 Å². The van der Waals surface area contributed by atoms with Gasteiger partial charge in [0.05, 0.1) is 12.2 Å². The molecule has 6 nitrogen and oxygen atoms in total. The lowest BCUT2D eigenvalue weighted by Crippen LogP contribution is -2.38. The molecule has 2 heterocycles. The number of H-pyrrole nitrogens is 1. The molecule has 0 saturated heterocycles. The standard InChI is InChI=1S/C21H30N6.HI/c1-6-22-21(25-13-19-15(3)26-27(5)16(19)4)23-11-10-17-12-24-20-14(2)8-7-9-18(17)20;/h7-9,12,24H,6,10-11,13H2,1-5H3,(H2,22,23,25);1H. The molecule has 7 heteroatoms. The number of hydrogen-bond donors (Lipinski definition) is 3. The van der Waals surface area contributed by atoms with Gasteiger partial charge in [0.2, 0.25) is 0 Å². The minimum atomic E-state index is 0. The Bertz CT molecular complexity index is 953. The van der Waals surface area contributed by atoms with Crippen LogP contribution in [-0.4, -0.2) is 33.8 Å². The smallest absolute Gasteiger partial charge is 0.191 e. The summed E-state index contributed by atoms with van der Waals surface area (Å²) in [4.78, 5) is 8.15. The fourth-order valence-electron chi connectivity index (χ4n) is 3.43. The highest BCUT2D eigenvalue weighted by Gasteiger charge is 2.09. The number of aromatic nitrogens is 3. The molecule has 3 rings (SSSR count). The average Bonchev–Trinajstić information content (AvgIpc) is 3.15. The van der Waals surface area contributed by atoms with Crippen LogP contribution >= 0.6 is 24.0 Å². The lowest BCUT2D eigenvalue weighted by Gasteiger charge is -2.11. The minimum absolute atomic E-state index is 0. The first-order valence-electron chi connectivity index (χ1n) is 9.58. The highest BCUT2D eigenvalue weighted by atomic mass is 127. The molecule has 0 bridgehead atoms. The number of hydrogen-bond acceptors (Lipinski definition) is 2. The summed E-state index contributed by atoms with van der Waals surface area (Å²) in [5, 5.41) is 12.6. The van der Waals surface area contributed by atoms with E-state index >= 15 is 0 Å². The van der Waals surface area contributed by atoms with E-state index in [2.05, 4.69) is 65.9 Å². The van der Waals surface area contributed by atoms with Crippen molar-refractivity contribution in [2.45, 2.75) is 40.7 Å². The van der Waals surface area contributed by atoms with E-state index in [1.165, 1.54) is 33.3 Å². The largest absolute Gasteiger partial charge is 0.361 e. The van der Waals surface area contributed by atoms with Crippen molar-refractivity contribution in [1.82, 2.24) is 25.4 Å². The Balaban J connectivity index is 0.00000280. The number of aromatic amines is 1. The second-order valence-electron chi connectivity index (χ2n) is 6.96. The number of para-hydroxylation sites is 1. The number of fused-ring (bicyclic) bond motifs is 1. The molecule has 3 aromatic rings. The summed E-state index contributed by atoms with van der Waals surface area (Å²) in [6.07, 6.45) is 3.06. The van der Waals surface area contributed by atoms with Gasteiger partial charge in [-0.25, -0.2) is 4.99 Å². The number of rotatable bonds is 6. The van der Waals surface area contributed by atoms with Crippen molar-refractivity contribution in [3.63, 3.8) is 0 Å². The predicted molar refractivity (Wildman–Crippen MR) is 128 cm³/mol. The average molecular weight is 494 g/mol. The molecule has 3 N–H and O–H groups in total. The number of guanidine groups is 1. The summed E-state index contributed by atoms with van der Waals surface area (Å²) in [6, 6.07) is 6.44. The normalized spacial score (nSPS) is 11.5. The Morgan fingerprint density at radius 3 is 2.68 bits per heavy atom. The van der Waals surface area contributed by atoms with Gasteiger partial charge < -0.3 is 15.6 Å². The van der Waals surface area contributed by atoms with Crippen molar-refractivity contribution in [1.29, 1.82) is 0 Å². The first-order chi connectivity index (χ1) is 13.0. The molecular weight excluding hydrogens is 463 g/mol. The molecule has 28 heavy (non-hydrogen) atoms. The summed E-state index contributed by atoms with van der Waals surface area (Å²) >= 11 is 0. The Hall–Kier alpha value is -2.03. The van der Waals surface area contributed by atoms with Crippen LogP contribution in [0.5, 0.6) is 0 Å². The lowest BCUT2D eigenvalue weighted by molar-refractivity contribution is 0.730. The van der Waals surface area contributed by atoms with Crippen LogP contribution in [0.15, 0.2) is 29.4 Å². The Labute approximate surface area is 184 Å². The van der Waals surface area contributed by atoms with Gasteiger partial charge in [-0.05, 0) is 45.2 Å². The molecule has 0 saturated carbocycles. The Morgan fingerprint density at radius 2 is 2.00 bits per heavy atom. The highest BCUT2D eigenvalue weighted by molar-refractivity contribution is 14.0. The third-order valence-electron chi connectivity index (χ3n) is 5.09. The van der Waals surface area contributed by atoms with Gasteiger partial charge in [0.15, 0.2) is 5.96 Å². The van der Waals surface area contributed by atoms with Crippen molar-refractivity contribution in [2.75, 3.05) is 13.1 Å². The van der Waals surface area contributed by atoms with Crippen LogP contribution in [0.25, 0.3) is 10.9 Å². The third kappa shape index (κ3) is 4.87. The zero-order chi connectivity index (χ0) is 19.4. The van der Waals surface area contributed by atoms with E-state index in [4.69, 9.17) is 4.99 Å². The Morgan fingerprint density at radius 1 is 1.21 bits per heavy atom. The molecule has 152 valence electrons. The van der Waals surface area contributed by atoms with E-state index in [0.717, 1.165) is 31.2 Å². The summed E-state index contributed by atoms with van der Waals surface area (Å²) in [5.74, 6) is 0.844. The summed E-state index contributed by atoms with van der Waals surface area (Å²) in [5.41, 5.74) is 7.25. The molecule has 0 amide bonds. The first kappa shape index (κ1) is 22.3. The van der Waals surface area contributed by atoms with Crippen LogP contribution in [0.4, 0.5) is 0 Å². The zero-order valence-electron chi connectivity index (χ0n) is 17.4. The first-order valence-corrected chi connectivity index (χ1v) is 9.58. The van der Waals surface area contributed by atoms with Crippen LogP contribution in [-0.2, 0) is 20.0 Å². The van der Waals surface area contributed by atoms with Gasteiger partial charge in [-0.3, -0.25) is 4.68 Å². The molecule has 0 fully saturated rings. The fraction of sp³-hybridized carbons (Fsp3) is 0.429. The van der Waals surface area contributed by atoms with Crippen LogP contribution in [0.1, 0.15) is 35.0 Å². The van der Waals surface area contributed by atoms with Crippen LogP contribution in [0.3, 0.4) is 0 Å². The number of halogens is 1. The highest BCUT2D eigenvalue weighted by Crippen LogP contribution is 2.21. The maximum Gasteiger partial charge on any atom is 0.191 e. The van der Waals surface area contributed by atoms with Gasteiger partial charge in [-0.2, -0.15) is 5.10 Å². The predicted octanol–water partition coefficient (Wildman–Crippen LogP) is 3.74. The second-order valence-corrected chi connectivity index (χ2v) is 6.96. The van der Waals surface area contributed by atoms with Crippen LogP contribution in [0.2, 0.25) is 0 Å². The number of aryl methyl sites for hydroxylation is 3. The number of benzene rings is 1. The van der Waals surface area contributed by atoms with Crippen LogP contribution < -0.4 is 10.6 Å². The van der Waals surface area contributed by atoms with Crippen LogP contribution in [0, 0.1) is 20.8 Å². The van der Waals surface area contributed by atoms with Gasteiger partial charge >= 0.3 is 0 Å². The topological polar surface area (TPSA) is 70.0 Å². The third-order valence-corrected chi connectivity index (χ3v) is 5.09. The SMILES string of the molecule is CCNC(=NCc1c(C)nn(C)c1C)NCCc1c[nH]c2c(C)cccc12.I. The summed E-state index contributed by atoms with van der Waals surface area (Å²) in [6.45, 7) is 10.6. The molecule has 0 atom stereocenters. The molecular formula is C21H31IN6. The van der Waals surface area contributed by atoms with Gasteiger partial charge in [-0.1, -0.05) is 18.2 Å². The summed E-state index contributed by atoms with van der Waals surface area (Å²) in [7, 11) is 1.97. The molecule has 0 aliphatic rings. The van der Waals surface area contributed by atoms with Crippen molar-refractivity contribution in [3.8, 4) is 0 Å². The Kier molecular flexibility index (Phi) is 7.91. The molecule has 0 aliphatic carbocycles. The van der Waals surface area contributed by atoms with Crippen molar-refractivity contribution in [3.05, 3.63) is 52.5 Å². The number of nitrogens with one attached hydrogen (secondary N) is 3. The maximum atomic E-state index is 4.75. The van der Waals surface area contributed by atoms with Crippen molar-refractivity contribution in [2.24, 2.45) is 12.0 Å². The number of aliphatic imine (C=N–C) groups is 1. The van der Waals surface area contributed by atoms with E-state index in [1.54, 1.807) is 0 Å². The second kappa shape index (κ2) is 9.95. The number of nitrogens with zero attached hydrogens (tertiary/aromatic N) is 3. The van der Waals surface area contributed by atoms with E-state index in [1.807, 2.05) is 18.7 Å². The van der Waals surface area contributed by atoms with Gasteiger partial charge in [-0.15, -0.1) is 24.0 Å². The van der Waals surface area contributed by atoms with Crippen molar-refractivity contribution < 1.29 is 0 Å². The lowest BCUT2D eigenvalue weighted by atomic mass is 10.1. The fourth-order valence-corrected chi connectivity index (χ4v) is 3.43. The molecule has 0 spiro atoms. The van der Waals surface area contributed by atoms with E-state index in [0.29, 0.717) is 6.54 Å². The van der Waals surface area contributed by atoms with Crippen molar-refractivity contribution >= 4 is 40.8 Å². The van der Waals surface area contributed by atoms with E-state index in [-0.39, 0.29) is 24.0 Å². The molecule has 0 radical (unpaired) electrons. The zero-order valence-corrected chi connectivity index (χ0v) is 19.7. The monoisotopic (exact) mass is 494 g/mol. The molecule has 1 aromatic carbocycles. The minimum Gasteiger partial charge on any atom is -0.361 e. The quantitative estimate of drug-likeness (QED) is 0.278. The molecule has 2 aromatic heterocycles. The van der Waals surface area contributed by atoms with Gasteiger partial charge in [0.1, 0.15) is 0 Å². The van der Waals surface area contributed by atoms with E-state index in [9.17, 15) is 0 Å². The summed E-state index contributed by atoms with van der Waals surface area (Å²) < 4.78 is 1.92. The molecule has 0 unspecified atom stereocenters. The van der Waals surface area contributed by atoms with Gasteiger partial charge in [0.25, 0.3) is 0 Å². The van der Waals surface area contributed by atoms with Gasteiger partial charge in [0, 0.05) is 48.5 Å².